The van der Waals surface area contributed by atoms with Gasteiger partial charge >= 0.3 is 0 Å². The van der Waals surface area contributed by atoms with Crippen LogP contribution in [0.4, 0.5) is 0 Å². The summed E-state index contributed by atoms with van der Waals surface area (Å²) in [6.45, 7) is 2.98. The van der Waals surface area contributed by atoms with Crippen molar-refractivity contribution in [3.05, 3.63) is 95.6 Å². The molecule has 3 nitrogen and oxygen atoms in total. The lowest BCUT2D eigenvalue weighted by molar-refractivity contribution is 0.0488. The Balaban J connectivity index is 0.000000161. The molecule has 1 N–H and O–H groups in total. The highest BCUT2D eigenvalue weighted by Crippen LogP contribution is 2.30. The van der Waals surface area contributed by atoms with Crippen molar-refractivity contribution in [3.8, 4) is 0 Å². The fraction of sp³-hybridized carbons (Fsp3) is 0.174. The van der Waals surface area contributed by atoms with Crippen molar-refractivity contribution < 1.29 is 14.1 Å². The first-order chi connectivity index (χ1) is 12.9. The predicted molar refractivity (Wildman–Crippen MR) is 107 cm³/mol. The van der Waals surface area contributed by atoms with Crippen LogP contribution in [-0.2, 0) is 17.2 Å². The average molecular weight is 378 g/mol. The Hall–Kier alpha value is -2.56. The molecule has 0 bridgehead atoms. The molecule has 0 saturated carbocycles. The molecule has 0 saturated heterocycles. The molecule has 4 heteroatoms. The summed E-state index contributed by atoms with van der Waals surface area (Å²) >= 11 is 0. The maximum absolute atomic E-state index is 12.2. The van der Waals surface area contributed by atoms with Gasteiger partial charge in [0.1, 0.15) is 5.60 Å². The van der Waals surface area contributed by atoms with E-state index in [0.29, 0.717) is 5.56 Å². The third-order valence-electron chi connectivity index (χ3n) is 4.32. The molecule has 0 radical (unpaired) electrons. The van der Waals surface area contributed by atoms with Crippen molar-refractivity contribution >= 4 is 16.6 Å². The van der Waals surface area contributed by atoms with Gasteiger partial charge in [-0.1, -0.05) is 66.7 Å². The summed E-state index contributed by atoms with van der Waals surface area (Å²) in [6.07, 6.45) is 0.901. The van der Waals surface area contributed by atoms with Crippen LogP contribution in [0.5, 0.6) is 0 Å². The first-order valence-electron chi connectivity index (χ1n) is 8.78. The largest absolute Gasteiger partial charge is 0.382 e. The highest BCUT2D eigenvalue weighted by atomic mass is 32.2. The van der Waals surface area contributed by atoms with E-state index >= 15 is 0 Å². The molecule has 3 aromatic carbocycles. The number of hydrogen-bond acceptors (Lipinski definition) is 3. The van der Waals surface area contributed by atoms with E-state index in [2.05, 4.69) is 12.1 Å². The molecule has 1 heterocycles. The Morgan fingerprint density at radius 3 is 1.74 bits per heavy atom. The Morgan fingerprint density at radius 1 is 0.815 bits per heavy atom. The molecule has 3 aromatic rings. The zero-order valence-corrected chi connectivity index (χ0v) is 16.2. The van der Waals surface area contributed by atoms with Gasteiger partial charge in [0, 0.05) is 15.4 Å². The summed E-state index contributed by atoms with van der Waals surface area (Å²) in [5.41, 5.74) is 1.65. The van der Waals surface area contributed by atoms with E-state index in [0.717, 1.165) is 16.2 Å². The van der Waals surface area contributed by atoms with E-state index in [1.54, 1.807) is 24.3 Å². The average Bonchev–Trinajstić information content (AvgIpc) is 2.68. The zero-order chi connectivity index (χ0) is 19.4. The molecule has 0 spiro atoms. The second-order valence-electron chi connectivity index (χ2n) is 6.92. The van der Waals surface area contributed by atoms with Crippen LogP contribution in [0.25, 0.3) is 0 Å². The second kappa shape index (κ2) is 7.99. The summed E-state index contributed by atoms with van der Waals surface area (Å²) in [7, 11) is -0.990. The van der Waals surface area contributed by atoms with Crippen LogP contribution in [-0.4, -0.2) is 20.7 Å². The summed E-state index contributed by atoms with van der Waals surface area (Å²) in [5, 5.41) is 9.39. The minimum atomic E-state index is -1.28. The van der Waals surface area contributed by atoms with Gasteiger partial charge in [0.05, 0.1) is 10.8 Å². The minimum absolute atomic E-state index is 0.247. The Kier molecular flexibility index (Phi) is 5.68. The van der Waals surface area contributed by atoms with Gasteiger partial charge in [-0.3, -0.25) is 4.79 Å². The number of carbonyl (C=O) groups is 1. The molecule has 0 amide bonds. The predicted octanol–water partition coefficient (Wildman–Crippen LogP) is 4.40. The van der Waals surface area contributed by atoms with Gasteiger partial charge in [0.2, 0.25) is 0 Å². The van der Waals surface area contributed by atoms with E-state index < -0.39 is 16.4 Å². The molecule has 0 unspecified atom stereocenters. The van der Waals surface area contributed by atoms with Crippen molar-refractivity contribution in [3.63, 3.8) is 0 Å². The molecule has 0 fully saturated rings. The third kappa shape index (κ3) is 4.41. The number of fused-ring (bicyclic) bond motifs is 2. The van der Waals surface area contributed by atoms with Gasteiger partial charge in [-0.15, -0.1) is 0 Å². The molecule has 0 aliphatic carbocycles. The van der Waals surface area contributed by atoms with E-state index in [9.17, 15) is 14.1 Å². The lowest BCUT2D eigenvalue weighted by Crippen LogP contribution is -2.30. The molecule has 4 rings (SSSR count). The first kappa shape index (κ1) is 19.2. The van der Waals surface area contributed by atoms with Crippen molar-refractivity contribution in [2.24, 2.45) is 0 Å². The molecule has 0 atom stereocenters. The molecule has 0 aromatic heterocycles. The number of hydrogen-bond donors (Lipinski definition) is 1. The van der Waals surface area contributed by atoms with Gasteiger partial charge in [-0.25, -0.2) is 4.21 Å². The molecular weight excluding hydrogens is 356 g/mol. The van der Waals surface area contributed by atoms with Gasteiger partial charge in [-0.2, -0.15) is 0 Å². The van der Waals surface area contributed by atoms with Crippen LogP contribution in [0.2, 0.25) is 0 Å². The highest BCUT2D eigenvalue weighted by Gasteiger charge is 2.24. The van der Waals surface area contributed by atoms with Gasteiger partial charge in [0.25, 0.3) is 0 Å². The molecule has 1 aliphatic heterocycles. The molecule has 138 valence electrons. The lowest BCUT2D eigenvalue weighted by Gasteiger charge is -2.18. The Morgan fingerprint density at radius 2 is 1.26 bits per heavy atom. The number of aliphatic hydroxyl groups is 1. The SMILES string of the molecule is CC(C)(O)C(=O)c1ccccc1.O=S1c2ccccc2Cc2ccccc21. The summed E-state index contributed by atoms with van der Waals surface area (Å²) in [4.78, 5) is 13.4. The van der Waals surface area contributed by atoms with Gasteiger partial charge in [0.15, 0.2) is 5.78 Å². The number of benzene rings is 3. The number of rotatable bonds is 2. The standard InChI is InChI=1S/C13H10OS.C10H12O2/c14-15-12-7-3-1-5-10(12)9-11-6-2-4-8-13(11)15;1-10(2,12)9(11)8-6-4-3-5-7-8/h1-8H,9H2;3-7,12H,1-2H3. The van der Waals surface area contributed by atoms with E-state index in [-0.39, 0.29) is 5.78 Å². The van der Waals surface area contributed by atoms with Crippen LogP contribution in [0, 0.1) is 0 Å². The first-order valence-corrected chi connectivity index (χ1v) is 9.92. The Labute approximate surface area is 162 Å². The number of ketones is 1. The molecule has 1 aliphatic rings. The summed E-state index contributed by atoms with van der Waals surface area (Å²) < 4.78 is 12.2. The van der Waals surface area contributed by atoms with Crippen molar-refractivity contribution in [2.45, 2.75) is 35.7 Å². The fourth-order valence-electron chi connectivity index (χ4n) is 2.93. The Bertz CT molecular complexity index is 925. The van der Waals surface area contributed by atoms with Crippen LogP contribution >= 0.6 is 0 Å². The maximum Gasteiger partial charge on any atom is 0.193 e. The van der Waals surface area contributed by atoms with Crippen LogP contribution in [0.15, 0.2) is 88.7 Å². The van der Waals surface area contributed by atoms with Gasteiger partial charge < -0.3 is 5.11 Å². The van der Waals surface area contributed by atoms with Crippen molar-refractivity contribution in [1.29, 1.82) is 0 Å². The smallest absolute Gasteiger partial charge is 0.193 e. The van der Waals surface area contributed by atoms with E-state index in [1.165, 1.54) is 25.0 Å². The normalized spacial score (nSPS) is 13.0. The highest BCUT2D eigenvalue weighted by molar-refractivity contribution is 7.85. The second-order valence-corrected chi connectivity index (χ2v) is 8.33. The van der Waals surface area contributed by atoms with E-state index in [4.69, 9.17) is 0 Å². The zero-order valence-electron chi connectivity index (χ0n) is 15.4. The quantitative estimate of drug-likeness (QED) is 0.526. The van der Waals surface area contributed by atoms with Gasteiger partial charge in [-0.05, 0) is 43.5 Å². The van der Waals surface area contributed by atoms with Crippen LogP contribution < -0.4 is 0 Å². The summed E-state index contributed by atoms with van der Waals surface area (Å²) in [5.74, 6) is -0.247. The molecular formula is C23H22O3S. The monoisotopic (exact) mass is 378 g/mol. The number of carbonyl (C=O) groups excluding carboxylic acids is 1. The van der Waals surface area contributed by atoms with Crippen LogP contribution in [0.1, 0.15) is 35.3 Å². The summed E-state index contributed by atoms with van der Waals surface area (Å²) in [6, 6.07) is 24.7. The van der Waals surface area contributed by atoms with E-state index in [1.807, 2.05) is 42.5 Å². The van der Waals surface area contributed by atoms with Crippen molar-refractivity contribution in [2.75, 3.05) is 0 Å². The van der Waals surface area contributed by atoms with Crippen LogP contribution in [0.3, 0.4) is 0 Å². The molecule has 27 heavy (non-hydrogen) atoms. The third-order valence-corrected chi connectivity index (χ3v) is 5.91. The number of Topliss-reactive ketones (excluding diaryl/α,β-unsaturated/α-hetero) is 1. The minimum Gasteiger partial charge on any atom is -0.382 e. The van der Waals surface area contributed by atoms with Crippen molar-refractivity contribution in [1.82, 2.24) is 0 Å². The topological polar surface area (TPSA) is 54.4 Å². The maximum atomic E-state index is 12.2. The fourth-order valence-corrected chi connectivity index (χ4v) is 4.33. The lowest BCUT2D eigenvalue weighted by atomic mass is 9.97.